The largest absolute Gasteiger partial charge is 0.353 e. The summed E-state index contributed by atoms with van der Waals surface area (Å²) in [6.45, 7) is 3.81. The van der Waals surface area contributed by atoms with Crippen LogP contribution >= 0.6 is 34.5 Å². The summed E-state index contributed by atoms with van der Waals surface area (Å²) in [4.78, 5) is 13.0. The van der Waals surface area contributed by atoms with Gasteiger partial charge in [0.15, 0.2) is 0 Å². The zero-order valence-corrected chi connectivity index (χ0v) is 17.5. The minimum Gasteiger partial charge on any atom is -0.353 e. The molecule has 3 heterocycles. The Balaban J connectivity index is 1.57. The normalized spacial score (nSPS) is 16.2. The Morgan fingerprint density at radius 2 is 1.85 bits per heavy atom. The van der Waals surface area contributed by atoms with Gasteiger partial charge in [0.05, 0.1) is 15.4 Å². The van der Waals surface area contributed by atoms with Crippen LogP contribution in [0.25, 0.3) is 10.2 Å². The molecule has 0 unspecified atom stereocenters. The smallest absolute Gasteiger partial charge is 0.244 e. The minimum absolute atomic E-state index is 0.0444. The van der Waals surface area contributed by atoms with Gasteiger partial charge in [-0.1, -0.05) is 29.3 Å². The third-order valence-electron chi connectivity index (χ3n) is 4.50. The topological polar surface area (TPSA) is 66.4 Å². The summed E-state index contributed by atoms with van der Waals surface area (Å²) < 4.78 is 27.4. The molecular weight excluding hydrogens is 427 g/mol. The van der Waals surface area contributed by atoms with E-state index in [0.717, 1.165) is 16.0 Å². The first-order valence-corrected chi connectivity index (χ1v) is 11.3. The monoisotopic (exact) mass is 442 g/mol. The van der Waals surface area contributed by atoms with Gasteiger partial charge >= 0.3 is 0 Å². The molecule has 0 N–H and O–H groups in total. The van der Waals surface area contributed by atoms with Crippen molar-refractivity contribution < 1.29 is 8.42 Å². The van der Waals surface area contributed by atoms with Crippen LogP contribution in [0, 0.1) is 6.92 Å². The van der Waals surface area contributed by atoms with E-state index in [1.165, 1.54) is 15.2 Å². The van der Waals surface area contributed by atoms with Gasteiger partial charge in [0.25, 0.3) is 0 Å². The Bertz CT molecular complexity index is 1110. The fourth-order valence-electron chi connectivity index (χ4n) is 3.18. The number of anilines is 1. The van der Waals surface area contributed by atoms with Crippen molar-refractivity contribution in [1.29, 1.82) is 0 Å². The van der Waals surface area contributed by atoms with Crippen LogP contribution in [0.3, 0.4) is 0 Å². The molecule has 1 fully saturated rings. The van der Waals surface area contributed by atoms with Crippen molar-refractivity contribution >= 4 is 60.6 Å². The fourth-order valence-corrected chi connectivity index (χ4v) is 6.18. The summed E-state index contributed by atoms with van der Waals surface area (Å²) in [6.07, 6.45) is 1.56. The molecule has 1 saturated heterocycles. The standard InChI is InChI=1S/C17H16Cl2N4O2S2/c1-11-9-12-16(20-10-21-17(12)26-11)22-5-7-23(8-6-22)27(24,25)14-4-2-3-13(18)15(14)19/h2-4,9-10H,5-8H2,1H3. The van der Waals surface area contributed by atoms with Gasteiger partial charge in [0.2, 0.25) is 10.0 Å². The maximum absolute atomic E-state index is 13.0. The lowest BCUT2D eigenvalue weighted by Gasteiger charge is -2.35. The molecule has 0 radical (unpaired) electrons. The van der Waals surface area contributed by atoms with E-state index in [-0.39, 0.29) is 14.9 Å². The van der Waals surface area contributed by atoms with E-state index in [1.807, 2.05) is 6.92 Å². The summed E-state index contributed by atoms with van der Waals surface area (Å²) in [5.41, 5.74) is 0. The molecule has 0 amide bonds. The first-order valence-electron chi connectivity index (χ1n) is 8.28. The second kappa shape index (κ2) is 7.18. The van der Waals surface area contributed by atoms with Gasteiger partial charge in [0, 0.05) is 31.1 Å². The fraction of sp³-hybridized carbons (Fsp3) is 0.294. The number of sulfonamides is 1. The third kappa shape index (κ3) is 3.40. The number of hydrogen-bond donors (Lipinski definition) is 0. The highest BCUT2D eigenvalue weighted by atomic mass is 35.5. The molecule has 1 aliphatic heterocycles. The number of hydrogen-bond acceptors (Lipinski definition) is 6. The predicted molar refractivity (Wildman–Crippen MR) is 110 cm³/mol. The molecule has 27 heavy (non-hydrogen) atoms. The van der Waals surface area contributed by atoms with Gasteiger partial charge in [-0.05, 0) is 25.1 Å². The second-order valence-corrected chi connectivity index (χ2v) is 10.1. The van der Waals surface area contributed by atoms with Crippen molar-refractivity contribution in [3.8, 4) is 0 Å². The van der Waals surface area contributed by atoms with E-state index in [1.54, 1.807) is 29.8 Å². The maximum Gasteiger partial charge on any atom is 0.244 e. The third-order valence-corrected chi connectivity index (χ3v) is 8.33. The van der Waals surface area contributed by atoms with Gasteiger partial charge in [0.1, 0.15) is 21.9 Å². The maximum atomic E-state index is 13.0. The molecular formula is C17H16Cl2N4O2S2. The van der Waals surface area contributed by atoms with Crippen LogP contribution in [-0.2, 0) is 10.0 Å². The Labute approximate surface area is 171 Å². The van der Waals surface area contributed by atoms with Crippen LogP contribution in [0.15, 0.2) is 35.5 Å². The molecule has 142 valence electrons. The van der Waals surface area contributed by atoms with Crippen molar-refractivity contribution in [2.45, 2.75) is 11.8 Å². The number of benzene rings is 1. The van der Waals surface area contributed by atoms with Gasteiger partial charge in [-0.3, -0.25) is 0 Å². The zero-order valence-electron chi connectivity index (χ0n) is 14.4. The second-order valence-electron chi connectivity index (χ2n) is 6.22. The van der Waals surface area contributed by atoms with Gasteiger partial charge in [-0.2, -0.15) is 4.31 Å². The van der Waals surface area contributed by atoms with Crippen LogP contribution in [-0.4, -0.2) is 48.9 Å². The van der Waals surface area contributed by atoms with Crippen molar-refractivity contribution in [3.05, 3.63) is 45.5 Å². The van der Waals surface area contributed by atoms with E-state index in [9.17, 15) is 8.42 Å². The number of nitrogens with zero attached hydrogens (tertiary/aromatic N) is 4. The molecule has 1 aromatic carbocycles. The summed E-state index contributed by atoms with van der Waals surface area (Å²) in [6, 6.07) is 6.72. The molecule has 6 nitrogen and oxygen atoms in total. The molecule has 0 aliphatic carbocycles. The minimum atomic E-state index is -3.70. The van der Waals surface area contributed by atoms with E-state index in [0.29, 0.717) is 26.2 Å². The van der Waals surface area contributed by atoms with Crippen LogP contribution in [0.1, 0.15) is 4.88 Å². The summed E-state index contributed by atoms with van der Waals surface area (Å²) in [7, 11) is -3.70. The van der Waals surface area contributed by atoms with E-state index in [4.69, 9.17) is 23.2 Å². The van der Waals surface area contributed by atoms with Gasteiger partial charge in [-0.15, -0.1) is 11.3 Å². The van der Waals surface area contributed by atoms with E-state index >= 15 is 0 Å². The van der Waals surface area contributed by atoms with Crippen LogP contribution < -0.4 is 4.90 Å². The lowest BCUT2D eigenvalue weighted by molar-refractivity contribution is 0.384. The molecule has 0 atom stereocenters. The Morgan fingerprint density at radius 1 is 1.11 bits per heavy atom. The quantitative estimate of drug-likeness (QED) is 0.616. The molecule has 0 spiro atoms. The first-order chi connectivity index (χ1) is 12.9. The molecule has 1 aliphatic rings. The number of fused-ring (bicyclic) bond motifs is 1. The number of halogens is 2. The lowest BCUT2D eigenvalue weighted by atomic mass is 10.3. The van der Waals surface area contributed by atoms with Gasteiger partial charge in [-0.25, -0.2) is 18.4 Å². The van der Waals surface area contributed by atoms with Crippen LogP contribution in [0.2, 0.25) is 10.0 Å². The van der Waals surface area contributed by atoms with Crippen molar-refractivity contribution in [3.63, 3.8) is 0 Å². The highest BCUT2D eigenvalue weighted by molar-refractivity contribution is 7.89. The molecule has 4 rings (SSSR count). The lowest BCUT2D eigenvalue weighted by Crippen LogP contribution is -2.49. The van der Waals surface area contributed by atoms with E-state index in [2.05, 4.69) is 20.9 Å². The SMILES string of the molecule is Cc1cc2c(N3CCN(S(=O)(=O)c4cccc(Cl)c4Cl)CC3)ncnc2s1. The molecule has 0 saturated carbocycles. The summed E-state index contributed by atoms with van der Waals surface area (Å²) in [5.74, 6) is 0.849. The van der Waals surface area contributed by atoms with Crippen molar-refractivity contribution in [2.75, 3.05) is 31.1 Å². The van der Waals surface area contributed by atoms with Crippen molar-refractivity contribution in [2.24, 2.45) is 0 Å². The molecule has 2 aromatic heterocycles. The molecule has 10 heteroatoms. The number of rotatable bonds is 3. The first kappa shape index (κ1) is 18.9. The number of thiophene rings is 1. The van der Waals surface area contributed by atoms with E-state index < -0.39 is 10.0 Å². The number of piperazine rings is 1. The summed E-state index contributed by atoms with van der Waals surface area (Å²) >= 11 is 13.7. The average Bonchev–Trinajstić information content (AvgIpc) is 3.04. The summed E-state index contributed by atoms with van der Waals surface area (Å²) in [5, 5.41) is 1.30. The molecule has 0 bridgehead atoms. The highest BCUT2D eigenvalue weighted by Crippen LogP contribution is 2.33. The molecule has 3 aromatic rings. The van der Waals surface area contributed by atoms with Gasteiger partial charge < -0.3 is 4.90 Å². The Morgan fingerprint density at radius 3 is 2.59 bits per heavy atom. The number of aryl methyl sites for hydroxylation is 1. The average molecular weight is 443 g/mol. The Kier molecular flexibility index (Phi) is 5.02. The highest BCUT2D eigenvalue weighted by Gasteiger charge is 2.31. The van der Waals surface area contributed by atoms with Crippen LogP contribution in [0.5, 0.6) is 0 Å². The predicted octanol–water partition coefficient (Wildman–Crippen LogP) is 3.82. The Hall–Kier alpha value is -1.45. The van der Waals surface area contributed by atoms with Crippen molar-refractivity contribution in [1.82, 2.24) is 14.3 Å². The van der Waals surface area contributed by atoms with Crippen LogP contribution in [0.4, 0.5) is 5.82 Å². The zero-order chi connectivity index (χ0) is 19.2. The number of aromatic nitrogens is 2.